The molecule has 0 radical (unpaired) electrons. The molecular formula is C18H25NO. The van der Waals surface area contributed by atoms with E-state index >= 15 is 0 Å². The van der Waals surface area contributed by atoms with E-state index in [1.54, 1.807) is 12.4 Å². The number of hydrogen-bond donors (Lipinski definition) is 0. The summed E-state index contributed by atoms with van der Waals surface area (Å²) in [5.41, 5.74) is 1.12. The number of carbonyl (C=O) groups is 1. The molecule has 2 aliphatic rings. The van der Waals surface area contributed by atoms with Gasteiger partial charge in [-0.3, -0.25) is 9.78 Å². The number of ketones is 1. The lowest BCUT2D eigenvalue weighted by Gasteiger charge is -2.39. The molecule has 2 fully saturated rings. The molecule has 4 unspecified atom stereocenters. The first-order chi connectivity index (χ1) is 9.75. The standard InChI is InChI=1S/C18H25NO/c1-13(14-8-10-19-11-9-14)18(20)17-7-6-15-4-2-3-5-16(15)12-17/h8-11,13,15-17H,2-7,12H2,1H3. The number of fused-ring (bicyclic) bond motifs is 1. The molecule has 1 aromatic heterocycles. The van der Waals surface area contributed by atoms with Crippen molar-refractivity contribution in [3.05, 3.63) is 30.1 Å². The summed E-state index contributed by atoms with van der Waals surface area (Å²) < 4.78 is 0. The van der Waals surface area contributed by atoms with E-state index < -0.39 is 0 Å². The van der Waals surface area contributed by atoms with Crippen molar-refractivity contribution in [2.24, 2.45) is 17.8 Å². The summed E-state index contributed by atoms with van der Waals surface area (Å²) in [4.78, 5) is 16.8. The van der Waals surface area contributed by atoms with Crippen LogP contribution in [0.5, 0.6) is 0 Å². The van der Waals surface area contributed by atoms with Gasteiger partial charge in [0.15, 0.2) is 0 Å². The average Bonchev–Trinajstić information content (AvgIpc) is 2.54. The Bertz CT molecular complexity index is 456. The molecule has 108 valence electrons. The fourth-order valence-electron chi connectivity index (χ4n) is 4.30. The van der Waals surface area contributed by atoms with E-state index in [4.69, 9.17) is 0 Å². The predicted octanol–water partition coefficient (Wildman–Crippen LogP) is 4.36. The number of nitrogens with zero attached hydrogens (tertiary/aromatic N) is 1. The van der Waals surface area contributed by atoms with Crippen LogP contribution >= 0.6 is 0 Å². The van der Waals surface area contributed by atoms with Crippen molar-refractivity contribution in [1.29, 1.82) is 0 Å². The van der Waals surface area contributed by atoms with Crippen LogP contribution in [0.3, 0.4) is 0 Å². The molecule has 1 aromatic rings. The van der Waals surface area contributed by atoms with Gasteiger partial charge in [0.05, 0.1) is 0 Å². The highest BCUT2D eigenvalue weighted by Gasteiger charge is 2.36. The monoisotopic (exact) mass is 271 g/mol. The first-order valence-electron chi connectivity index (χ1n) is 8.19. The summed E-state index contributed by atoms with van der Waals surface area (Å²) in [7, 11) is 0. The second-order valence-corrected chi connectivity index (χ2v) is 6.72. The van der Waals surface area contributed by atoms with Crippen LogP contribution in [-0.2, 0) is 4.79 Å². The van der Waals surface area contributed by atoms with Gasteiger partial charge in [-0.05, 0) is 48.8 Å². The van der Waals surface area contributed by atoms with E-state index in [0.29, 0.717) is 11.7 Å². The van der Waals surface area contributed by atoms with Crippen molar-refractivity contribution in [3.8, 4) is 0 Å². The molecule has 3 rings (SSSR count). The van der Waals surface area contributed by atoms with Crippen LogP contribution in [0.4, 0.5) is 0 Å². The van der Waals surface area contributed by atoms with Gasteiger partial charge < -0.3 is 0 Å². The largest absolute Gasteiger partial charge is 0.299 e. The lowest BCUT2D eigenvalue weighted by molar-refractivity contribution is -0.126. The zero-order valence-corrected chi connectivity index (χ0v) is 12.4. The van der Waals surface area contributed by atoms with Crippen LogP contribution < -0.4 is 0 Å². The maximum Gasteiger partial charge on any atom is 0.143 e. The highest BCUT2D eigenvalue weighted by Crippen LogP contribution is 2.44. The Labute approximate surface area is 122 Å². The normalized spacial score (nSPS) is 31.4. The molecule has 1 heterocycles. The third-order valence-corrected chi connectivity index (χ3v) is 5.57. The molecule has 0 amide bonds. The Kier molecular flexibility index (Phi) is 4.18. The topological polar surface area (TPSA) is 30.0 Å². The first-order valence-corrected chi connectivity index (χ1v) is 8.19. The zero-order chi connectivity index (χ0) is 13.9. The molecule has 2 nitrogen and oxygen atoms in total. The summed E-state index contributed by atoms with van der Waals surface area (Å²) in [6.45, 7) is 2.06. The zero-order valence-electron chi connectivity index (χ0n) is 12.4. The molecule has 2 heteroatoms. The van der Waals surface area contributed by atoms with Gasteiger partial charge in [0.1, 0.15) is 5.78 Å². The minimum Gasteiger partial charge on any atom is -0.299 e. The van der Waals surface area contributed by atoms with Crippen molar-refractivity contribution in [1.82, 2.24) is 4.98 Å². The van der Waals surface area contributed by atoms with Gasteiger partial charge in [-0.15, -0.1) is 0 Å². The maximum absolute atomic E-state index is 12.8. The van der Waals surface area contributed by atoms with Gasteiger partial charge in [0, 0.05) is 24.2 Å². The molecule has 4 atom stereocenters. The van der Waals surface area contributed by atoms with Crippen molar-refractivity contribution in [2.75, 3.05) is 0 Å². The van der Waals surface area contributed by atoms with E-state index in [1.807, 2.05) is 12.1 Å². The van der Waals surface area contributed by atoms with Gasteiger partial charge in [-0.25, -0.2) is 0 Å². The lowest BCUT2D eigenvalue weighted by atomic mass is 9.65. The summed E-state index contributed by atoms with van der Waals surface area (Å²) in [6.07, 6.45) is 12.7. The highest BCUT2D eigenvalue weighted by molar-refractivity contribution is 5.87. The Hall–Kier alpha value is -1.18. The smallest absolute Gasteiger partial charge is 0.143 e. The third-order valence-electron chi connectivity index (χ3n) is 5.57. The van der Waals surface area contributed by atoms with E-state index in [-0.39, 0.29) is 5.92 Å². The van der Waals surface area contributed by atoms with E-state index in [9.17, 15) is 4.79 Å². The number of carbonyl (C=O) groups excluding carboxylic acids is 1. The van der Waals surface area contributed by atoms with Crippen LogP contribution in [0.1, 0.15) is 63.4 Å². The lowest BCUT2D eigenvalue weighted by Crippen LogP contribution is -2.32. The number of aromatic nitrogens is 1. The summed E-state index contributed by atoms with van der Waals surface area (Å²) in [6, 6.07) is 3.96. The molecule has 0 saturated heterocycles. The predicted molar refractivity (Wildman–Crippen MR) is 80.4 cm³/mol. The van der Waals surface area contributed by atoms with E-state index in [2.05, 4.69) is 11.9 Å². The fraction of sp³-hybridized carbons (Fsp3) is 0.667. The van der Waals surface area contributed by atoms with Gasteiger partial charge in [0.2, 0.25) is 0 Å². The summed E-state index contributed by atoms with van der Waals surface area (Å²) in [5.74, 6) is 2.54. The minimum absolute atomic E-state index is 0.0307. The van der Waals surface area contributed by atoms with Crippen LogP contribution in [0.25, 0.3) is 0 Å². The second kappa shape index (κ2) is 6.07. The minimum atomic E-state index is 0.0307. The maximum atomic E-state index is 12.8. The average molecular weight is 271 g/mol. The SMILES string of the molecule is CC(C(=O)C1CCC2CCCCC2C1)c1ccncc1. The van der Waals surface area contributed by atoms with Crippen molar-refractivity contribution in [3.63, 3.8) is 0 Å². The molecule has 0 aliphatic heterocycles. The quantitative estimate of drug-likeness (QED) is 0.817. The highest BCUT2D eigenvalue weighted by atomic mass is 16.1. The molecular weight excluding hydrogens is 246 g/mol. The Morgan fingerprint density at radius 2 is 1.80 bits per heavy atom. The number of pyridine rings is 1. The van der Waals surface area contributed by atoms with Crippen LogP contribution in [-0.4, -0.2) is 10.8 Å². The van der Waals surface area contributed by atoms with Gasteiger partial charge in [-0.2, -0.15) is 0 Å². The molecule has 20 heavy (non-hydrogen) atoms. The number of hydrogen-bond acceptors (Lipinski definition) is 2. The molecule has 0 N–H and O–H groups in total. The first kappa shape index (κ1) is 13.8. The van der Waals surface area contributed by atoms with Gasteiger partial charge >= 0.3 is 0 Å². The van der Waals surface area contributed by atoms with Crippen LogP contribution in [0, 0.1) is 17.8 Å². The van der Waals surface area contributed by atoms with Gasteiger partial charge in [0.25, 0.3) is 0 Å². The van der Waals surface area contributed by atoms with Crippen LogP contribution in [0.15, 0.2) is 24.5 Å². The van der Waals surface area contributed by atoms with Crippen LogP contribution in [0.2, 0.25) is 0 Å². The molecule has 0 bridgehead atoms. The molecule has 0 spiro atoms. The summed E-state index contributed by atoms with van der Waals surface area (Å²) in [5, 5.41) is 0. The summed E-state index contributed by atoms with van der Waals surface area (Å²) >= 11 is 0. The van der Waals surface area contributed by atoms with Crippen molar-refractivity contribution < 1.29 is 4.79 Å². The van der Waals surface area contributed by atoms with Gasteiger partial charge in [-0.1, -0.05) is 32.6 Å². The second-order valence-electron chi connectivity index (χ2n) is 6.72. The third kappa shape index (κ3) is 2.79. The Morgan fingerprint density at radius 3 is 2.55 bits per heavy atom. The van der Waals surface area contributed by atoms with Crippen molar-refractivity contribution >= 4 is 5.78 Å². The van der Waals surface area contributed by atoms with E-state index in [1.165, 1.54) is 32.1 Å². The van der Waals surface area contributed by atoms with E-state index in [0.717, 1.165) is 30.2 Å². The number of rotatable bonds is 3. The Morgan fingerprint density at radius 1 is 1.10 bits per heavy atom. The molecule has 2 saturated carbocycles. The molecule has 2 aliphatic carbocycles. The van der Waals surface area contributed by atoms with Crippen molar-refractivity contribution in [2.45, 2.75) is 57.8 Å². The number of Topliss-reactive ketones (excluding diaryl/α,β-unsaturated/α-hetero) is 1. The Balaban J connectivity index is 1.65. The molecule has 0 aromatic carbocycles. The fourth-order valence-corrected chi connectivity index (χ4v) is 4.30.